The molecular formula is C14H18F3N3. The Labute approximate surface area is 116 Å². The molecule has 0 aliphatic carbocycles. The minimum atomic E-state index is -4.36. The van der Waals surface area contributed by atoms with Gasteiger partial charge in [-0.3, -0.25) is 0 Å². The number of anilines is 1. The molecule has 2 fully saturated rings. The molecule has 2 saturated heterocycles. The van der Waals surface area contributed by atoms with Crippen molar-refractivity contribution in [2.24, 2.45) is 5.41 Å². The average Bonchev–Trinajstić information content (AvgIpc) is 2.83. The van der Waals surface area contributed by atoms with E-state index in [2.05, 4.69) is 15.2 Å². The SMILES string of the molecule is FC(F)(F)c1ccc(N2CCC3(CCNCC3)C2)cn1. The van der Waals surface area contributed by atoms with Gasteiger partial charge in [-0.25, -0.2) is 4.98 Å². The maximum Gasteiger partial charge on any atom is 0.433 e. The Kier molecular flexibility index (Phi) is 3.36. The molecule has 1 aromatic rings. The van der Waals surface area contributed by atoms with E-state index in [1.807, 2.05) is 0 Å². The van der Waals surface area contributed by atoms with Crippen LogP contribution in [-0.2, 0) is 6.18 Å². The zero-order chi connectivity index (χ0) is 14.2. The number of nitrogens with zero attached hydrogens (tertiary/aromatic N) is 2. The molecule has 0 aromatic carbocycles. The number of rotatable bonds is 1. The van der Waals surface area contributed by atoms with E-state index in [1.54, 1.807) is 0 Å². The van der Waals surface area contributed by atoms with Crippen molar-refractivity contribution >= 4 is 5.69 Å². The smallest absolute Gasteiger partial charge is 0.370 e. The molecule has 3 rings (SSSR count). The van der Waals surface area contributed by atoms with Gasteiger partial charge in [0.1, 0.15) is 5.69 Å². The normalized spacial score (nSPS) is 22.4. The second-order valence-electron chi connectivity index (χ2n) is 5.82. The molecule has 0 bridgehead atoms. The van der Waals surface area contributed by atoms with Gasteiger partial charge in [-0.2, -0.15) is 13.2 Å². The number of nitrogens with one attached hydrogen (secondary N) is 1. The molecule has 20 heavy (non-hydrogen) atoms. The molecular weight excluding hydrogens is 267 g/mol. The summed E-state index contributed by atoms with van der Waals surface area (Å²) in [4.78, 5) is 5.71. The molecule has 3 nitrogen and oxygen atoms in total. The van der Waals surface area contributed by atoms with Gasteiger partial charge in [0, 0.05) is 13.1 Å². The molecule has 1 aromatic heterocycles. The molecule has 2 aliphatic rings. The minimum Gasteiger partial charge on any atom is -0.370 e. The van der Waals surface area contributed by atoms with Gasteiger partial charge >= 0.3 is 6.18 Å². The first-order chi connectivity index (χ1) is 9.49. The number of aromatic nitrogens is 1. The number of piperidine rings is 1. The highest BCUT2D eigenvalue weighted by Crippen LogP contribution is 2.40. The number of pyridine rings is 1. The third-order valence-electron chi connectivity index (χ3n) is 4.51. The number of alkyl halides is 3. The third kappa shape index (κ3) is 2.61. The van der Waals surface area contributed by atoms with Crippen LogP contribution in [0.25, 0.3) is 0 Å². The Morgan fingerprint density at radius 3 is 2.50 bits per heavy atom. The molecule has 6 heteroatoms. The Hall–Kier alpha value is -1.30. The van der Waals surface area contributed by atoms with E-state index in [-0.39, 0.29) is 0 Å². The van der Waals surface area contributed by atoms with Crippen LogP contribution < -0.4 is 10.2 Å². The standard InChI is InChI=1S/C14H18F3N3/c15-14(16,17)12-2-1-11(9-19-12)20-8-5-13(10-20)3-6-18-7-4-13/h1-2,9,18H,3-8,10H2. The summed E-state index contributed by atoms with van der Waals surface area (Å²) in [6.07, 6.45) is 0.410. The molecule has 0 radical (unpaired) electrons. The predicted octanol–water partition coefficient (Wildman–Crippen LogP) is 2.68. The van der Waals surface area contributed by atoms with Gasteiger partial charge in [0.05, 0.1) is 11.9 Å². The molecule has 1 N–H and O–H groups in total. The Balaban J connectivity index is 1.71. The van der Waals surface area contributed by atoms with Crippen molar-refractivity contribution in [1.29, 1.82) is 0 Å². The van der Waals surface area contributed by atoms with Gasteiger partial charge in [0.15, 0.2) is 0 Å². The second kappa shape index (κ2) is 4.91. The van der Waals surface area contributed by atoms with E-state index in [0.717, 1.165) is 57.2 Å². The lowest BCUT2D eigenvalue weighted by atomic mass is 9.78. The van der Waals surface area contributed by atoms with Crippen molar-refractivity contribution in [3.63, 3.8) is 0 Å². The first-order valence-electron chi connectivity index (χ1n) is 6.98. The summed E-state index contributed by atoms with van der Waals surface area (Å²) in [5.74, 6) is 0. The van der Waals surface area contributed by atoms with Crippen LogP contribution in [0.15, 0.2) is 18.3 Å². The van der Waals surface area contributed by atoms with E-state index in [9.17, 15) is 13.2 Å². The highest BCUT2D eigenvalue weighted by atomic mass is 19.4. The number of hydrogen-bond donors (Lipinski definition) is 1. The second-order valence-corrected chi connectivity index (χ2v) is 5.82. The van der Waals surface area contributed by atoms with Crippen LogP contribution >= 0.6 is 0 Å². The third-order valence-corrected chi connectivity index (χ3v) is 4.51. The van der Waals surface area contributed by atoms with Crippen molar-refractivity contribution in [2.45, 2.75) is 25.4 Å². The first kappa shape index (κ1) is 13.7. The van der Waals surface area contributed by atoms with Gasteiger partial charge in [-0.1, -0.05) is 0 Å². The van der Waals surface area contributed by atoms with Crippen molar-refractivity contribution in [3.8, 4) is 0 Å². The quantitative estimate of drug-likeness (QED) is 0.860. The van der Waals surface area contributed by atoms with Crippen LogP contribution in [-0.4, -0.2) is 31.2 Å². The molecule has 1 spiro atoms. The van der Waals surface area contributed by atoms with Crippen LogP contribution in [0.4, 0.5) is 18.9 Å². The zero-order valence-electron chi connectivity index (χ0n) is 11.2. The van der Waals surface area contributed by atoms with Crippen molar-refractivity contribution < 1.29 is 13.2 Å². The fraction of sp³-hybridized carbons (Fsp3) is 0.643. The Morgan fingerprint density at radius 2 is 1.90 bits per heavy atom. The van der Waals surface area contributed by atoms with E-state index < -0.39 is 11.9 Å². The van der Waals surface area contributed by atoms with E-state index in [0.29, 0.717) is 5.41 Å². The average molecular weight is 285 g/mol. The van der Waals surface area contributed by atoms with Crippen LogP contribution in [0.2, 0.25) is 0 Å². The summed E-state index contributed by atoms with van der Waals surface area (Å²) < 4.78 is 37.5. The largest absolute Gasteiger partial charge is 0.433 e. The Morgan fingerprint density at radius 1 is 1.15 bits per heavy atom. The molecule has 2 aliphatic heterocycles. The van der Waals surface area contributed by atoms with Crippen molar-refractivity contribution in [3.05, 3.63) is 24.0 Å². The summed E-state index contributed by atoms with van der Waals surface area (Å²) in [7, 11) is 0. The van der Waals surface area contributed by atoms with E-state index in [4.69, 9.17) is 0 Å². The van der Waals surface area contributed by atoms with Crippen molar-refractivity contribution in [2.75, 3.05) is 31.1 Å². The van der Waals surface area contributed by atoms with Gasteiger partial charge in [0.25, 0.3) is 0 Å². The van der Waals surface area contributed by atoms with Crippen LogP contribution in [0.1, 0.15) is 25.0 Å². The van der Waals surface area contributed by atoms with Crippen LogP contribution in [0.5, 0.6) is 0 Å². The summed E-state index contributed by atoms with van der Waals surface area (Å²) in [5.41, 5.74) is 0.318. The molecule has 110 valence electrons. The zero-order valence-corrected chi connectivity index (χ0v) is 11.2. The Bertz CT molecular complexity index is 464. The fourth-order valence-corrected chi connectivity index (χ4v) is 3.26. The number of halogens is 3. The van der Waals surface area contributed by atoms with E-state index >= 15 is 0 Å². The van der Waals surface area contributed by atoms with E-state index in [1.165, 1.54) is 12.3 Å². The fourth-order valence-electron chi connectivity index (χ4n) is 3.26. The monoisotopic (exact) mass is 285 g/mol. The molecule has 0 amide bonds. The maximum atomic E-state index is 12.5. The van der Waals surface area contributed by atoms with Crippen LogP contribution in [0, 0.1) is 5.41 Å². The molecule has 0 saturated carbocycles. The number of hydrogen-bond acceptors (Lipinski definition) is 3. The lowest BCUT2D eigenvalue weighted by molar-refractivity contribution is -0.141. The molecule has 0 unspecified atom stereocenters. The highest BCUT2D eigenvalue weighted by molar-refractivity contribution is 5.46. The lowest BCUT2D eigenvalue weighted by Gasteiger charge is -2.34. The van der Waals surface area contributed by atoms with Gasteiger partial charge in [-0.15, -0.1) is 0 Å². The van der Waals surface area contributed by atoms with Crippen molar-refractivity contribution in [1.82, 2.24) is 10.3 Å². The molecule has 0 atom stereocenters. The predicted molar refractivity (Wildman–Crippen MR) is 70.6 cm³/mol. The van der Waals surface area contributed by atoms with Gasteiger partial charge in [-0.05, 0) is 49.9 Å². The summed E-state index contributed by atoms with van der Waals surface area (Å²) in [6, 6.07) is 2.61. The summed E-state index contributed by atoms with van der Waals surface area (Å²) in [5, 5.41) is 3.36. The van der Waals surface area contributed by atoms with Gasteiger partial charge < -0.3 is 10.2 Å². The maximum absolute atomic E-state index is 12.5. The minimum absolute atomic E-state index is 0.341. The topological polar surface area (TPSA) is 28.2 Å². The van der Waals surface area contributed by atoms with Crippen LogP contribution in [0.3, 0.4) is 0 Å². The lowest BCUT2D eigenvalue weighted by Crippen LogP contribution is -2.38. The van der Waals surface area contributed by atoms with Gasteiger partial charge in [0.2, 0.25) is 0 Å². The summed E-state index contributed by atoms with van der Waals surface area (Å²) in [6.45, 7) is 3.92. The highest BCUT2D eigenvalue weighted by Gasteiger charge is 2.39. The molecule has 3 heterocycles. The first-order valence-corrected chi connectivity index (χ1v) is 6.98. The summed E-state index contributed by atoms with van der Waals surface area (Å²) >= 11 is 0.